The number of hydrogen-bond acceptors (Lipinski definition) is 8. The summed E-state index contributed by atoms with van der Waals surface area (Å²) in [6.07, 6.45) is 52.3. The molecule has 0 rings (SSSR count). The topological polar surface area (TPSA) is 134 Å². The molecule has 0 fully saturated rings. The lowest BCUT2D eigenvalue weighted by Gasteiger charge is -2.19. The number of esters is 2. The zero-order valence-electron chi connectivity index (χ0n) is 36.0. The molecule has 1 unspecified atom stereocenters. The van der Waals surface area contributed by atoms with E-state index < -0.39 is 32.5 Å². The highest BCUT2D eigenvalue weighted by Crippen LogP contribution is 2.43. The van der Waals surface area contributed by atoms with Gasteiger partial charge < -0.3 is 20.1 Å². The third-order valence-electron chi connectivity index (χ3n) is 9.06. The summed E-state index contributed by atoms with van der Waals surface area (Å²) in [5, 5.41) is 0. The first-order valence-electron chi connectivity index (χ1n) is 22.4. The predicted octanol–water partition coefficient (Wildman–Crippen LogP) is 13.1. The van der Waals surface area contributed by atoms with Crippen LogP contribution in [0.2, 0.25) is 0 Å². The van der Waals surface area contributed by atoms with Crippen LogP contribution in [-0.4, -0.2) is 49.3 Å². The van der Waals surface area contributed by atoms with Gasteiger partial charge in [0, 0.05) is 19.4 Å². The quantitative estimate of drug-likeness (QED) is 0.0267. The SMILES string of the molecule is CCCCC/C=C/C/C=C/C/C=C/C/C=C/CCCCCC(=O)OC[C@H](COP(=O)(O)OCCN)OC(=O)CCC/C=C/C/C=C/CCCCCCCCCCC. The van der Waals surface area contributed by atoms with Gasteiger partial charge in [0.2, 0.25) is 0 Å². The van der Waals surface area contributed by atoms with E-state index in [-0.39, 0.29) is 32.6 Å². The molecule has 0 bridgehead atoms. The van der Waals surface area contributed by atoms with Crippen molar-refractivity contribution in [3.8, 4) is 0 Å². The maximum Gasteiger partial charge on any atom is 0.472 e. The molecule has 0 aromatic rings. The van der Waals surface area contributed by atoms with E-state index in [1.165, 1.54) is 83.5 Å². The summed E-state index contributed by atoms with van der Waals surface area (Å²) < 4.78 is 32.7. The standard InChI is InChI=1S/C47H82NO8P/c1-3-5-7-9-11-13-15-17-19-21-22-24-25-27-29-31-33-35-37-39-46(49)53-43-45(44-55-57(51,52)54-42-41-48)56-47(50)40-38-36-34-32-30-28-26-23-20-18-16-14-12-10-8-6-4-2/h11,13,17,19,22,24,26-29,32,34,45H,3-10,12,14-16,18,20-21,23,25,30-31,33,35-44,48H2,1-2H3,(H,51,52)/b13-11+,19-17+,24-22+,28-26+,29-27+,34-32+/t45-/m1/s1. The van der Waals surface area contributed by atoms with Crippen LogP contribution in [0.3, 0.4) is 0 Å². The van der Waals surface area contributed by atoms with Gasteiger partial charge in [-0.15, -0.1) is 0 Å². The van der Waals surface area contributed by atoms with Crippen LogP contribution in [0.4, 0.5) is 0 Å². The van der Waals surface area contributed by atoms with Crippen LogP contribution in [-0.2, 0) is 32.7 Å². The molecule has 0 saturated heterocycles. The summed E-state index contributed by atoms with van der Waals surface area (Å²) in [5.41, 5.74) is 5.34. The van der Waals surface area contributed by atoms with E-state index in [4.69, 9.17) is 24.3 Å². The lowest BCUT2D eigenvalue weighted by atomic mass is 10.1. The Labute approximate surface area is 348 Å². The zero-order chi connectivity index (χ0) is 41.8. The van der Waals surface area contributed by atoms with E-state index in [2.05, 4.69) is 86.8 Å². The molecule has 0 aliphatic heterocycles. The summed E-state index contributed by atoms with van der Waals surface area (Å²) in [5.74, 6) is -0.922. The van der Waals surface area contributed by atoms with Crippen molar-refractivity contribution in [2.24, 2.45) is 5.73 Å². The molecule has 10 heteroatoms. The van der Waals surface area contributed by atoms with Gasteiger partial charge in [0.25, 0.3) is 0 Å². The molecule has 0 aliphatic carbocycles. The molecule has 0 saturated carbocycles. The molecule has 3 N–H and O–H groups in total. The Morgan fingerprint density at radius 1 is 0.526 bits per heavy atom. The summed E-state index contributed by atoms with van der Waals surface area (Å²) in [7, 11) is -4.40. The van der Waals surface area contributed by atoms with Gasteiger partial charge in [-0.3, -0.25) is 18.6 Å². The molecular formula is C47H82NO8P. The number of rotatable bonds is 41. The summed E-state index contributed by atoms with van der Waals surface area (Å²) in [4.78, 5) is 34.9. The molecule has 0 aromatic heterocycles. The number of nitrogens with two attached hydrogens (primary N) is 1. The zero-order valence-corrected chi connectivity index (χ0v) is 36.9. The number of phosphoric acid groups is 1. The number of allylic oxidation sites excluding steroid dienone is 12. The fourth-order valence-corrected chi connectivity index (χ4v) is 6.48. The van der Waals surface area contributed by atoms with Gasteiger partial charge in [-0.2, -0.15) is 0 Å². The highest BCUT2D eigenvalue weighted by atomic mass is 31.2. The van der Waals surface area contributed by atoms with Crippen molar-refractivity contribution in [1.29, 1.82) is 0 Å². The van der Waals surface area contributed by atoms with Gasteiger partial charge >= 0.3 is 19.8 Å². The first-order chi connectivity index (χ1) is 27.8. The molecule has 0 aliphatic rings. The fraction of sp³-hybridized carbons (Fsp3) is 0.702. The Hall–Kier alpha value is -2.55. The van der Waals surface area contributed by atoms with Crippen LogP contribution < -0.4 is 5.73 Å². The molecule has 0 aromatic carbocycles. The van der Waals surface area contributed by atoms with Gasteiger partial charge in [0.05, 0.1) is 13.2 Å². The van der Waals surface area contributed by atoms with Crippen LogP contribution in [0.15, 0.2) is 72.9 Å². The van der Waals surface area contributed by atoms with Gasteiger partial charge in [0.15, 0.2) is 6.10 Å². The molecule has 328 valence electrons. The second kappa shape index (κ2) is 43.0. The maximum absolute atomic E-state index is 12.6. The van der Waals surface area contributed by atoms with Crippen LogP contribution in [0, 0.1) is 0 Å². The average Bonchev–Trinajstić information content (AvgIpc) is 3.20. The maximum atomic E-state index is 12.6. The molecular weight excluding hydrogens is 737 g/mol. The summed E-state index contributed by atoms with van der Waals surface area (Å²) >= 11 is 0. The minimum Gasteiger partial charge on any atom is -0.462 e. The lowest BCUT2D eigenvalue weighted by molar-refractivity contribution is -0.161. The summed E-state index contributed by atoms with van der Waals surface area (Å²) in [6.45, 7) is 3.61. The number of ether oxygens (including phenoxy) is 2. The highest BCUT2D eigenvalue weighted by molar-refractivity contribution is 7.47. The molecule has 2 atom stereocenters. The number of unbranched alkanes of at least 4 members (excludes halogenated alkanes) is 16. The first kappa shape index (κ1) is 54.5. The van der Waals surface area contributed by atoms with E-state index in [1.807, 2.05) is 0 Å². The van der Waals surface area contributed by atoms with E-state index in [1.54, 1.807) is 0 Å². The van der Waals surface area contributed by atoms with Crippen molar-refractivity contribution < 1.29 is 37.6 Å². The second-order valence-electron chi connectivity index (χ2n) is 14.6. The van der Waals surface area contributed by atoms with Gasteiger partial charge in [0.1, 0.15) is 6.61 Å². The fourth-order valence-electron chi connectivity index (χ4n) is 5.71. The van der Waals surface area contributed by atoms with Crippen molar-refractivity contribution in [2.45, 2.75) is 187 Å². The molecule has 0 heterocycles. The van der Waals surface area contributed by atoms with Crippen LogP contribution in [0.5, 0.6) is 0 Å². The minimum atomic E-state index is -4.40. The summed E-state index contributed by atoms with van der Waals surface area (Å²) in [6, 6.07) is 0. The molecule has 57 heavy (non-hydrogen) atoms. The molecule has 9 nitrogen and oxygen atoms in total. The second-order valence-corrected chi connectivity index (χ2v) is 16.0. The Bertz CT molecular complexity index is 1160. The van der Waals surface area contributed by atoms with Gasteiger partial charge in [-0.05, 0) is 83.5 Å². The number of carbonyl (C=O) groups is 2. The van der Waals surface area contributed by atoms with Crippen LogP contribution in [0.25, 0.3) is 0 Å². The van der Waals surface area contributed by atoms with Crippen molar-refractivity contribution in [3.63, 3.8) is 0 Å². The average molecular weight is 820 g/mol. The minimum absolute atomic E-state index is 0.0393. The largest absolute Gasteiger partial charge is 0.472 e. The molecule has 0 spiro atoms. The van der Waals surface area contributed by atoms with E-state index in [0.29, 0.717) is 12.8 Å². The highest BCUT2D eigenvalue weighted by Gasteiger charge is 2.25. The normalized spacial score (nSPS) is 14.0. The number of carbonyl (C=O) groups excluding carboxylic acids is 2. The third kappa shape index (κ3) is 42.9. The van der Waals surface area contributed by atoms with E-state index in [0.717, 1.165) is 57.8 Å². The predicted molar refractivity (Wildman–Crippen MR) is 238 cm³/mol. The number of hydrogen-bond donors (Lipinski definition) is 2. The van der Waals surface area contributed by atoms with Crippen molar-refractivity contribution >= 4 is 19.8 Å². The Kier molecular flexibility index (Phi) is 41.1. The Morgan fingerprint density at radius 3 is 1.44 bits per heavy atom. The number of phosphoric ester groups is 1. The first-order valence-corrected chi connectivity index (χ1v) is 23.9. The van der Waals surface area contributed by atoms with Gasteiger partial charge in [-0.25, -0.2) is 4.57 Å². The van der Waals surface area contributed by atoms with Crippen molar-refractivity contribution in [3.05, 3.63) is 72.9 Å². The van der Waals surface area contributed by atoms with Crippen LogP contribution >= 0.6 is 7.82 Å². The monoisotopic (exact) mass is 820 g/mol. The van der Waals surface area contributed by atoms with Crippen molar-refractivity contribution in [1.82, 2.24) is 0 Å². The molecule has 0 radical (unpaired) electrons. The molecule has 0 amide bonds. The Morgan fingerprint density at radius 2 is 0.930 bits per heavy atom. The van der Waals surface area contributed by atoms with E-state index >= 15 is 0 Å². The van der Waals surface area contributed by atoms with E-state index in [9.17, 15) is 19.0 Å². The third-order valence-corrected chi connectivity index (χ3v) is 10.0. The van der Waals surface area contributed by atoms with Crippen LogP contribution in [0.1, 0.15) is 181 Å². The lowest BCUT2D eigenvalue weighted by Crippen LogP contribution is -2.29. The van der Waals surface area contributed by atoms with Gasteiger partial charge in [-0.1, -0.05) is 157 Å². The van der Waals surface area contributed by atoms with Crippen molar-refractivity contribution in [2.75, 3.05) is 26.4 Å². The smallest absolute Gasteiger partial charge is 0.462 e. The Balaban J connectivity index is 4.28.